The summed E-state index contributed by atoms with van der Waals surface area (Å²) in [5.74, 6) is -1.46. The van der Waals surface area contributed by atoms with Crippen molar-refractivity contribution in [3.63, 3.8) is 0 Å². The average Bonchev–Trinajstić information content (AvgIpc) is 2.70. The van der Waals surface area contributed by atoms with Crippen LogP contribution in [-0.2, 0) is 16.1 Å². The van der Waals surface area contributed by atoms with Gasteiger partial charge in [-0.05, 0) is 48.9 Å². The number of ether oxygens (including phenoxy) is 1. The van der Waals surface area contributed by atoms with Gasteiger partial charge in [-0.1, -0.05) is 12.1 Å². The lowest BCUT2D eigenvalue weighted by atomic mass is 10.1. The van der Waals surface area contributed by atoms with E-state index in [9.17, 15) is 18.8 Å². The summed E-state index contributed by atoms with van der Waals surface area (Å²) >= 11 is 0. The highest BCUT2D eigenvalue weighted by molar-refractivity contribution is 5.97. The molecule has 0 saturated heterocycles. The number of amides is 2. The molecule has 0 fully saturated rings. The molecule has 0 aromatic heterocycles. The molecule has 0 spiro atoms. The van der Waals surface area contributed by atoms with Crippen LogP contribution < -0.4 is 5.32 Å². The molecule has 2 rings (SSSR count). The van der Waals surface area contributed by atoms with Gasteiger partial charge in [0.05, 0.1) is 19.2 Å². The SMILES string of the molecule is CCN(CC(=O)NCc1ccc(F)cc1)C(=O)c1ccc(C(=O)OC)cc1. The standard InChI is InChI=1S/C20H21FN2O4/c1-3-23(13-18(24)22-12-14-4-10-17(21)11-5-14)19(25)15-6-8-16(9-7-15)20(26)27-2/h4-11H,3,12-13H2,1-2H3,(H,22,24). The first-order valence-electron chi connectivity index (χ1n) is 8.43. The Hall–Kier alpha value is -3.22. The van der Waals surface area contributed by atoms with Crippen LogP contribution in [0.3, 0.4) is 0 Å². The van der Waals surface area contributed by atoms with Crippen molar-refractivity contribution in [2.75, 3.05) is 20.2 Å². The van der Waals surface area contributed by atoms with E-state index in [-0.39, 0.29) is 30.7 Å². The zero-order valence-electron chi connectivity index (χ0n) is 15.2. The van der Waals surface area contributed by atoms with Gasteiger partial charge in [-0.15, -0.1) is 0 Å². The summed E-state index contributed by atoms with van der Waals surface area (Å²) in [6.45, 7) is 2.27. The number of nitrogens with zero attached hydrogens (tertiary/aromatic N) is 1. The Balaban J connectivity index is 1.94. The number of benzene rings is 2. The van der Waals surface area contributed by atoms with Gasteiger partial charge in [0.2, 0.25) is 5.91 Å². The normalized spacial score (nSPS) is 10.2. The van der Waals surface area contributed by atoms with Gasteiger partial charge >= 0.3 is 5.97 Å². The third-order valence-corrected chi connectivity index (χ3v) is 3.96. The molecule has 0 aliphatic carbocycles. The van der Waals surface area contributed by atoms with Crippen LogP contribution in [0.2, 0.25) is 0 Å². The van der Waals surface area contributed by atoms with Crippen molar-refractivity contribution in [1.82, 2.24) is 10.2 Å². The Bertz CT molecular complexity index is 804. The first-order valence-corrected chi connectivity index (χ1v) is 8.43. The number of hydrogen-bond acceptors (Lipinski definition) is 4. The topological polar surface area (TPSA) is 75.7 Å². The van der Waals surface area contributed by atoms with Crippen molar-refractivity contribution >= 4 is 17.8 Å². The quantitative estimate of drug-likeness (QED) is 0.758. The Morgan fingerprint density at radius 3 is 2.15 bits per heavy atom. The molecule has 0 aliphatic heterocycles. The van der Waals surface area contributed by atoms with Gasteiger partial charge in [-0.3, -0.25) is 9.59 Å². The summed E-state index contributed by atoms with van der Waals surface area (Å²) < 4.78 is 17.5. The maximum absolute atomic E-state index is 12.9. The third kappa shape index (κ3) is 5.64. The molecule has 2 aromatic carbocycles. The van der Waals surface area contributed by atoms with Crippen LogP contribution >= 0.6 is 0 Å². The fourth-order valence-corrected chi connectivity index (χ4v) is 2.41. The second-order valence-corrected chi connectivity index (χ2v) is 5.79. The number of esters is 1. The van der Waals surface area contributed by atoms with Gasteiger partial charge in [0, 0.05) is 18.7 Å². The number of rotatable bonds is 7. The lowest BCUT2D eigenvalue weighted by Gasteiger charge is -2.20. The minimum absolute atomic E-state index is 0.102. The molecule has 0 radical (unpaired) electrons. The summed E-state index contributed by atoms with van der Waals surface area (Å²) in [7, 11) is 1.28. The molecule has 2 aromatic rings. The summed E-state index contributed by atoms with van der Waals surface area (Å²) in [4.78, 5) is 37.5. The summed E-state index contributed by atoms with van der Waals surface area (Å²) in [5, 5.41) is 2.70. The predicted octanol–water partition coefficient (Wildman–Crippen LogP) is 2.39. The number of methoxy groups -OCH3 is 1. The lowest BCUT2D eigenvalue weighted by molar-refractivity contribution is -0.121. The van der Waals surface area contributed by atoms with Gasteiger partial charge in [0.25, 0.3) is 5.91 Å². The molecule has 7 heteroatoms. The second kappa shape index (κ2) is 9.47. The van der Waals surface area contributed by atoms with Crippen LogP contribution in [0, 0.1) is 5.82 Å². The monoisotopic (exact) mass is 372 g/mol. The van der Waals surface area contributed by atoms with Crippen molar-refractivity contribution in [2.45, 2.75) is 13.5 Å². The van der Waals surface area contributed by atoms with Gasteiger partial charge in [-0.25, -0.2) is 9.18 Å². The van der Waals surface area contributed by atoms with E-state index in [2.05, 4.69) is 10.1 Å². The first-order chi connectivity index (χ1) is 12.9. The van der Waals surface area contributed by atoms with Crippen molar-refractivity contribution in [1.29, 1.82) is 0 Å². The van der Waals surface area contributed by atoms with E-state index in [0.717, 1.165) is 5.56 Å². The predicted molar refractivity (Wildman–Crippen MR) is 97.6 cm³/mol. The van der Waals surface area contributed by atoms with Crippen molar-refractivity contribution < 1.29 is 23.5 Å². The van der Waals surface area contributed by atoms with Crippen LogP contribution in [0.1, 0.15) is 33.2 Å². The molecule has 142 valence electrons. The van der Waals surface area contributed by atoms with Gasteiger partial charge in [0.15, 0.2) is 0 Å². The molecule has 2 amide bonds. The first kappa shape index (κ1) is 20.1. The van der Waals surface area contributed by atoms with Crippen molar-refractivity contribution in [2.24, 2.45) is 0 Å². The van der Waals surface area contributed by atoms with E-state index in [0.29, 0.717) is 17.7 Å². The van der Waals surface area contributed by atoms with E-state index >= 15 is 0 Å². The zero-order chi connectivity index (χ0) is 19.8. The molecule has 0 bridgehead atoms. The highest BCUT2D eigenvalue weighted by Gasteiger charge is 2.18. The molecule has 0 unspecified atom stereocenters. The maximum Gasteiger partial charge on any atom is 0.337 e. The average molecular weight is 372 g/mol. The van der Waals surface area contributed by atoms with E-state index in [1.807, 2.05) is 0 Å². The molecule has 0 atom stereocenters. The largest absolute Gasteiger partial charge is 0.465 e. The fourth-order valence-electron chi connectivity index (χ4n) is 2.41. The highest BCUT2D eigenvalue weighted by Crippen LogP contribution is 2.09. The van der Waals surface area contributed by atoms with Gasteiger partial charge < -0.3 is 15.0 Å². The minimum Gasteiger partial charge on any atom is -0.465 e. The van der Waals surface area contributed by atoms with Gasteiger partial charge in [0.1, 0.15) is 5.82 Å². The van der Waals surface area contributed by atoms with Crippen molar-refractivity contribution in [3.8, 4) is 0 Å². The van der Waals surface area contributed by atoms with Crippen LogP contribution in [-0.4, -0.2) is 42.9 Å². The summed E-state index contributed by atoms with van der Waals surface area (Å²) in [6, 6.07) is 11.9. The molecule has 1 N–H and O–H groups in total. The number of nitrogens with one attached hydrogen (secondary N) is 1. The fraction of sp³-hybridized carbons (Fsp3) is 0.250. The molecule has 27 heavy (non-hydrogen) atoms. The highest BCUT2D eigenvalue weighted by atomic mass is 19.1. The molecule has 0 aliphatic rings. The lowest BCUT2D eigenvalue weighted by Crippen LogP contribution is -2.40. The number of carbonyl (C=O) groups is 3. The Morgan fingerprint density at radius 2 is 1.59 bits per heavy atom. The Labute approximate surface area is 156 Å². The van der Waals surface area contributed by atoms with E-state index in [1.165, 1.54) is 48.4 Å². The minimum atomic E-state index is -0.485. The number of carbonyl (C=O) groups excluding carboxylic acids is 3. The van der Waals surface area contributed by atoms with E-state index in [1.54, 1.807) is 19.1 Å². The van der Waals surface area contributed by atoms with Crippen LogP contribution in [0.5, 0.6) is 0 Å². The van der Waals surface area contributed by atoms with Crippen LogP contribution in [0.4, 0.5) is 4.39 Å². The molecular weight excluding hydrogens is 351 g/mol. The zero-order valence-corrected chi connectivity index (χ0v) is 15.2. The van der Waals surface area contributed by atoms with Crippen LogP contribution in [0.25, 0.3) is 0 Å². The Kier molecular flexibility index (Phi) is 7.05. The second-order valence-electron chi connectivity index (χ2n) is 5.79. The smallest absolute Gasteiger partial charge is 0.337 e. The number of halogens is 1. The van der Waals surface area contributed by atoms with Gasteiger partial charge in [-0.2, -0.15) is 0 Å². The van der Waals surface area contributed by atoms with Crippen molar-refractivity contribution in [3.05, 3.63) is 71.0 Å². The maximum atomic E-state index is 12.9. The molecule has 0 saturated carbocycles. The van der Waals surface area contributed by atoms with Crippen LogP contribution in [0.15, 0.2) is 48.5 Å². The molecule has 0 heterocycles. The summed E-state index contributed by atoms with van der Waals surface area (Å²) in [6.07, 6.45) is 0. The number of hydrogen-bond donors (Lipinski definition) is 1. The molecular formula is C20H21FN2O4. The summed E-state index contributed by atoms with van der Waals surface area (Å²) in [5.41, 5.74) is 1.47. The van der Waals surface area contributed by atoms with E-state index < -0.39 is 5.97 Å². The third-order valence-electron chi connectivity index (χ3n) is 3.96. The van der Waals surface area contributed by atoms with E-state index in [4.69, 9.17) is 0 Å². The Morgan fingerprint density at radius 1 is 1.00 bits per heavy atom. The molecule has 6 nitrogen and oxygen atoms in total. The number of likely N-dealkylation sites (N-methyl/N-ethyl adjacent to an activating group) is 1.